The van der Waals surface area contributed by atoms with Gasteiger partial charge in [-0.15, -0.1) is 0 Å². The van der Waals surface area contributed by atoms with Crippen molar-refractivity contribution in [2.24, 2.45) is 5.92 Å². The number of halogens is 1. The van der Waals surface area contributed by atoms with Gasteiger partial charge < -0.3 is 15.7 Å². The standard InChI is InChI=1S/C13H17FN2O3S/c1-8(7-20-2)6-15-13(19)16-11-5-9(12(17)18)3-4-10(11)14/h3-5,8H,6-7H2,1-2H3,(H,17,18)(H2,15,16,19). The van der Waals surface area contributed by atoms with Gasteiger partial charge in [-0.3, -0.25) is 0 Å². The Morgan fingerprint density at radius 3 is 2.75 bits per heavy atom. The molecular weight excluding hydrogens is 283 g/mol. The molecule has 1 rings (SSSR count). The fourth-order valence-corrected chi connectivity index (χ4v) is 2.22. The minimum Gasteiger partial charge on any atom is -0.478 e. The summed E-state index contributed by atoms with van der Waals surface area (Å²) in [7, 11) is 0. The van der Waals surface area contributed by atoms with Crippen LogP contribution in [0.5, 0.6) is 0 Å². The molecule has 2 amide bonds. The van der Waals surface area contributed by atoms with Gasteiger partial charge in [-0.2, -0.15) is 11.8 Å². The van der Waals surface area contributed by atoms with Crippen molar-refractivity contribution >= 4 is 29.4 Å². The zero-order valence-corrected chi connectivity index (χ0v) is 12.1. The summed E-state index contributed by atoms with van der Waals surface area (Å²) in [5.41, 5.74) is -0.239. The van der Waals surface area contributed by atoms with Crippen molar-refractivity contribution in [2.75, 3.05) is 23.9 Å². The van der Waals surface area contributed by atoms with E-state index >= 15 is 0 Å². The van der Waals surface area contributed by atoms with Crippen LogP contribution in [0, 0.1) is 11.7 Å². The van der Waals surface area contributed by atoms with Crippen molar-refractivity contribution in [3.63, 3.8) is 0 Å². The lowest BCUT2D eigenvalue weighted by molar-refractivity contribution is 0.0697. The number of hydrogen-bond acceptors (Lipinski definition) is 3. The van der Waals surface area contributed by atoms with Crippen LogP contribution in [0.1, 0.15) is 17.3 Å². The van der Waals surface area contributed by atoms with E-state index in [4.69, 9.17) is 5.11 Å². The molecule has 1 atom stereocenters. The molecule has 7 heteroatoms. The monoisotopic (exact) mass is 300 g/mol. The second-order valence-corrected chi connectivity index (χ2v) is 5.31. The number of amides is 2. The number of carboxylic acid groups (broad SMARTS) is 1. The number of hydrogen-bond donors (Lipinski definition) is 3. The van der Waals surface area contributed by atoms with E-state index in [2.05, 4.69) is 10.6 Å². The van der Waals surface area contributed by atoms with E-state index in [0.29, 0.717) is 12.5 Å². The summed E-state index contributed by atoms with van der Waals surface area (Å²) >= 11 is 1.68. The molecule has 0 radical (unpaired) electrons. The fraction of sp³-hybridized carbons (Fsp3) is 0.385. The lowest BCUT2D eigenvalue weighted by Crippen LogP contribution is -2.33. The maximum atomic E-state index is 13.5. The summed E-state index contributed by atoms with van der Waals surface area (Å²) in [5, 5.41) is 13.7. The number of aromatic carboxylic acids is 1. The highest BCUT2D eigenvalue weighted by Gasteiger charge is 2.11. The van der Waals surface area contributed by atoms with E-state index in [1.54, 1.807) is 11.8 Å². The largest absolute Gasteiger partial charge is 0.478 e. The Balaban J connectivity index is 2.61. The molecule has 0 bridgehead atoms. The first kappa shape index (κ1) is 16.3. The maximum Gasteiger partial charge on any atom is 0.335 e. The van der Waals surface area contributed by atoms with Gasteiger partial charge in [-0.1, -0.05) is 6.92 Å². The van der Waals surface area contributed by atoms with E-state index in [9.17, 15) is 14.0 Å². The molecule has 0 aliphatic rings. The van der Waals surface area contributed by atoms with E-state index < -0.39 is 17.8 Å². The second kappa shape index (κ2) is 7.74. The number of benzene rings is 1. The van der Waals surface area contributed by atoms with Gasteiger partial charge in [-0.05, 0) is 36.1 Å². The Kier molecular flexibility index (Phi) is 6.30. The molecule has 0 fully saturated rings. The third-order valence-corrected chi connectivity index (χ3v) is 3.43. The van der Waals surface area contributed by atoms with E-state index in [0.717, 1.165) is 24.0 Å². The van der Waals surface area contributed by atoms with Gasteiger partial charge in [0.25, 0.3) is 0 Å². The Morgan fingerprint density at radius 2 is 2.15 bits per heavy atom. The molecule has 0 aromatic heterocycles. The van der Waals surface area contributed by atoms with E-state index in [1.165, 1.54) is 0 Å². The molecular formula is C13H17FN2O3S. The maximum absolute atomic E-state index is 13.5. The predicted octanol–water partition coefficient (Wildman–Crippen LogP) is 2.64. The van der Waals surface area contributed by atoms with Crippen molar-refractivity contribution in [1.82, 2.24) is 5.32 Å². The average molecular weight is 300 g/mol. The first-order valence-electron chi connectivity index (χ1n) is 6.00. The van der Waals surface area contributed by atoms with Crippen LogP contribution in [-0.2, 0) is 0 Å². The Bertz CT molecular complexity index is 497. The summed E-state index contributed by atoms with van der Waals surface area (Å²) < 4.78 is 13.5. The average Bonchev–Trinajstić information content (AvgIpc) is 2.39. The molecule has 20 heavy (non-hydrogen) atoms. The second-order valence-electron chi connectivity index (χ2n) is 4.40. The Morgan fingerprint density at radius 1 is 1.45 bits per heavy atom. The van der Waals surface area contributed by atoms with E-state index in [-0.39, 0.29) is 11.3 Å². The summed E-state index contributed by atoms with van der Waals surface area (Å²) in [6, 6.07) is 2.68. The van der Waals surface area contributed by atoms with Crippen LogP contribution in [0.4, 0.5) is 14.9 Å². The topological polar surface area (TPSA) is 78.4 Å². The predicted molar refractivity (Wildman–Crippen MR) is 77.9 cm³/mol. The summed E-state index contributed by atoms with van der Waals surface area (Å²) in [6.45, 7) is 2.45. The number of urea groups is 1. The third kappa shape index (κ3) is 5.08. The molecule has 1 aromatic carbocycles. The number of carbonyl (C=O) groups is 2. The van der Waals surface area contributed by atoms with Crippen molar-refractivity contribution in [2.45, 2.75) is 6.92 Å². The molecule has 0 saturated carbocycles. The van der Waals surface area contributed by atoms with Crippen molar-refractivity contribution < 1.29 is 19.1 Å². The van der Waals surface area contributed by atoms with Crippen molar-refractivity contribution in [1.29, 1.82) is 0 Å². The molecule has 1 unspecified atom stereocenters. The molecule has 1 aromatic rings. The zero-order valence-electron chi connectivity index (χ0n) is 11.3. The summed E-state index contributed by atoms with van der Waals surface area (Å²) in [5.74, 6) is -0.654. The van der Waals surface area contributed by atoms with Crippen LogP contribution in [0.3, 0.4) is 0 Å². The van der Waals surface area contributed by atoms with Crippen LogP contribution >= 0.6 is 11.8 Å². The summed E-state index contributed by atoms with van der Waals surface area (Å²) in [4.78, 5) is 22.4. The van der Waals surface area contributed by atoms with E-state index in [1.807, 2.05) is 13.2 Å². The Labute approximate surface area is 120 Å². The van der Waals surface area contributed by atoms with Gasteiger partial charge in [0.1, 0.15) is 5.82 Å². The number of carbonyl (C=O) groups excluding carboxylic acids is 1. The van der Waals surface area contributed by atoms with Gasteiger partial charge in [0, 0.05) is 6.54 Å². The quantitative estimate of drug-likeness (QED) is 0.754. The van der Waals surface area contributed by atoms with Crippen LogP contribution in [0.25, 0.3) is 0 Å². The Hall–Kier alpha value is -1.76. The van der Waals surface area contributed by atoms with Gasteiger partial charge >= 0.3 is 12.0 Å². The summed E-state index contributed by atoms with van der Waals surface area (Å²) in [6.07, 6.45) is 1.98. The number of anilines is 1. The molecule has 0 saturated heterocycles. The van der Waals surface area contributed by atoms with Crippen molar-refractivity contribution in [3.05, 3.63) is 29.6 Å². The van der Waals surface area contributed by atoms with Gasteiger partial charge in [0.2, 0.25) is 0 Å². The number of nitrogens with one attached hydrogen (secondary N) is 2. The number of carboxylic acids is 1. The third-order valence-electron chi connectivity index (χ3n) is 2.52. The SMILES string of the molecule is CSCC(C)CNC(=O)Nc1cc(C(=O)O)ccc1F. The first-order valence-corrected chi connectivity index (χ1v) is 7.40. The minimum absolute atomic E-state index is 0.0857. The molecule has 0 spiro atoms. The normalized spacial score (nSPS) is 11.8. The molecule has 5 nitrogen and oxygen atoms in total. The number of thioether (sulfide) groups is 1. The van der Waals surface area contributed by atoms with Crippen LogP contribution in [-0.4, -0.2) is 35.7 Å². The highest BCUT2D eigenvalue weighted by atomic mass is 32.2. The first-order chi connectivity index (χ1) is 9.43. The smallest absolute Gasteiger partial charge is 0.335 e. The molecule has 0 aliphatic heterocycles. The highest BCUT2D eigenvalue weighted by molar-refractivity contribution is 7.98. The molecule has 3 N–H and O–H groups in total. The zero-order chi connectivity index (χ0) is 15.1. The van der Waals surface area contributed by atoms with Crippen molar-refractivity contribution in [3.8, 4) is 0 Å². The van der Waals surface area contributed by atoms with Crippen LogP contribution < -0.4 is 10.6 Å². The van der Waals surface area contributed by atoms with Gasteiger partial charge in [-0.25, -0.2) is 14.0 Å². The van der Waals surface area contributed by atoms with Crippen LogP contribution in [0.15, 0.2) is 18.2 Å². The van der Waals surface area contributed by atoms with Gasteiger partial charge in [0.05, 0.1) is 11.3 Å². The molecule has 110 valence electrons. The lowest BCUT2D eigenvalue weighted by Gasteiger charge is -2.12. The minimum atomic E-state index is -1.18. The lowest BCUT2D eigenvalue weighted by atomic mass is 10.2. The molecule has 0 aliphatic carbocycles. The van der Waals surface area contributed by atoms with Crippen LogP contribution in [0.2, 0.25) is 0 Å². The highest BCUT2D eigenvalue weighted by Crippen LogP contribution is 2.16. The molecule has 0 heterocycles. The number of rotatable bonds is 6. The van der Waals surface area contributed by atoms with Gasteiger partial charge in [0.15, 0.2) is 0 Å². The fourth-order valence-electron chi connectivity index (χ4n) is 1.53.